The fraction of sp³-hybridized carbons (Fsp3) is 0.385. The molecule has 0 heterocycles. The van der Waals surface area contributed by atoms with Crippen molar-refractivity contribution in [3.63, 3.8) is 0 Å². The summed E-state index contributed by atoms with van der Waals surface area (Å²) in [6.07, 6.45) is -0.154. The first-order valence-electron chi connectivity index (χ1n) is 5.81. The quantitative estimate of drug-likeness (QED) is 0.742. The van der Waals surface area contributed by atoms with E-state index in [2.05, 4.69) is 10.1 Å². The second-order valence-corrected chi connectivity index (χ2v) is 3.92. The molecule has 0 bridgehead atoms. The molecule has 0 aliphatic rings. The molecule has 19 heavy (non-hydrogen) atoms. The molecule has 6 nitrogen and oxygen atoms in total. The highest BCUT2D eigenvalue weighted by molar-refractivity contribution is 5.94. The summed E-state index contributed by atoms with van der Waals surface area (Å²) >= 11 is 0. The Labute approximate surface area is 111 Å². The first-order valence-corrected chi connectivity index (χ1v) is 5.81. The lowest BCUT2D eigenvalue weighted by Crippen LogP contribution is -2.28. The Morgan fingerprint density at radius 2 is 2.11 bits per heavy atom. The third-order valence-electron chi connectivity index (χ3n) is 2.58. The molecule has 0 aliphatic heterocycles. The van der Waals surface area contributed by atoms with E-state index in [1.165, 1.54) is 14.2 Å². The Hall–Kier alpha value is -1.92. The van der Waals surface area contributed by atoms with E-state index in [0.29, 0.717) is 11.3 Å². The summed E-state index contributed by atoms with van der Waals surface area (Å²) in [6, 6.07) is 6.51. The van der Waals surface area contributed by atoms with Gasteiger partial charge in [0.05, 0.1) is 25.2 Å². The number of nitrogens with two attached hydrogens (primary N) is 1. The van der Waals surface area contributed by atoms with Crippen LogP contribution >= 0.6 is 0 Å². The smallest absolute Gasteiger partial charge is 0.337 e. The third kappa shape index (κ3) is 4.69. The highest BCUT2D eigenvalue weighted by atomic mass is 16.5. The van der Waals surface area contributed by atoms with E-state index in [-0.39, 0.29) is 25.0 Å². The minimum absolute atomic E-state index is 0.162. The highest BCUT2D eigenvalue weighted by Crippen LogP contribution is 2.12. The summed E-state index contributed by atoms with van der Waals surface area (Å²) in [5.74, 6) is -0.674. The lowest BCUT2D eigenvalue weighted by molar-refractivity contribution is -0.118. The van der Waals surface area contributed by atoms with Crippen LogP contribution in [0.3, 0.4) is 0 Å². The van der Waals surface area contributed by atoms with Gasteiger partial charge in [-0.3, -0.25) is 4.79 Å². The molecule has 0 radical (unpaired) electrons. The van der Waals surface area contributed by atoms with Gasteiger partial charge in [-0.05, 0) is 18.2 Å². The van der Waals surface area contributed by atoms with Crippen LogP contribution in [0.5, 0.6) is 0 Å². The topological polar surface area (TPSA) is 90.7 Å². The van der Waals surface area contributed by atoms with Crippen LogP contribution < -0.4 is 11.1 Å². The molecule has 1 amide bonds. The van der Waals surface area contributed by atoms with Crippen LogP contribution in [-0.4, -0.2) is 38.7 Å². The van der Waals surface area contributed by atoms with Gasteiger partial charge >= 0.3 is 5.97 Å². The first-order chi connectivity index (χ1) is 9.10. The highest BCUT2D eigenvalue weighted by Gasteiger charge is 2.12. The van der Waals surface area contributed by atoms with Gasteiger partial charge in [0.25, 0.3) is 0 Å². The molecule has 0 saturated heterocycles. The van der Waals surface area contributed by atoms with Crippen molar-refractivity contribution < 1.29 is 19.1 Å². The number of anilines is 1. The molecule has 1 aromatic carbocycles. The average molecular weight is 266 g/mol. The zero-order chi connectivity index (χ0) is 14.3. The maximum absolute atomic E-state index is 11.7. The fourth-order valence-corrected chi connectivity index (χ4v) is 1.52. The van der Waals surface area contributed by atoms with E-state index in [4.69, 9.17) is 10.5 Å². The Balaban J connectivity index is 2.66. The van der Waals surface area contributed by atoms with Crippen LogP contribution in [-0.2, 0) is 14.3 Å². The number of nitrogens with one attached hydrogen (secondary N) is 1. The molecule has 0 saturated carbocycles. The minimum atomic E-state index is -0.451. The fourth-order valence-electron chi connectivity index (χ4n) is 1.52. The number of hydrogen-bond donors (Lipinski definition) is 2. The van der Waals surface area contributed by atoms with Crippen LogP contribution in [0.2, 0.25) is 0 Å². The van der Waals surface area contributed by atoms with E-state index >= 15 is 0 Å². The van der Waals surface area contributed by atoms with Gasteiger partial charge in [0, 0.05) is 19.3 Å². The summed E-state index contributed by atoms with van der Waals surface area (Å²) in [4.78, 5) is 23.1. The van der Waals surface area contributed by atoms with Gasteiger partial charge in [0.1, 0.15) is 0 Å². The molecule has 3 N–H and O–H groups in total. The van der Waals surface area contributed by atoms with Crippen LogP contribution in [0.25, 0.3) is 0 Å². The number of rotatable bonds is 6. The molecule has 0 fully saturated rings. The summed E-state index contributed by atoms with van der Waals surface area (Å²) in [6.45, 7) is 0.270. The summed E-state index contributed by atoms with van der Waals surface area (Å²) in [5, 5.41) is 2.68. The number of carbonyl (C=O) groups is 2. The van der Waals surface area contributed by atoms with Gasteiger partial charge in [-0.15, -0.1) is 0 Å². The van der Waals surface area contributed by atoms with Gasteiger partial charge < -0.3 is 20.5 Å². The predicted octanol–water partition coefficient (Wildman–Crippen LogP) is 0.775. The lowest BCUT2D eigenvalue weighted by Gasteiger charge is -2.12. The molecule has 104 valence electrons. The van der Waals surface area contributed by atoms with Crippen LogP contribution in [0.15, 0.2) is 24.3 Å². The molecular formula is C13H18N2O4. The number of hydrogen-bond acceptors (Lipinski definition) is 5. The Morgan fingerprint density at radius 1 is 1.37 bits per heavy atom. The molecule has 0 aliphatic carbocycles. The van der Waals surface area contributed by atoms with Crippen LogP contribution in [0.1, 0.15) is 16.8 Å². The molecule has 0 spiro atoms. The monoisotopic (exact) mass is 266 g/mol. The Morgan fingerprint density at radius 3 is 2.68 bits per heavy atom. The first kappa shape index (κ1) is 15.1. The number of esters is 1. The molecule has 1 rings (SSSR count). The summed E-state index contributed by atoms with van der Waals surface area (Å²) in [7, 11) is 2.81. The van der Waals surface area contributed by atoms with Crippen molar-refractivity contribution in [3.8, 4) is 0 Å². The molecular weight excluding hydrogens is 248 g/mol. The number of amides is 1. The summed E-state index contributed by atoms with van der Waals surface area (Å²) < 4.78 is 9.63. The second kappa shape index (κ2) is 7.50. The molecule has 6 heteroatoms. The van der Waals surface area contributed by atoms with Gasteiger partial charge in [0.2, 0.25) is 5.91 Å². The average Bonchev–Trinajstić information content (AvgIpc) is 2.44. The van der Waals surface area contributed by atoms with Gasteiger partial charge in [-0.25, -0.2) is 4.79 Å². The summed E-state index contributed by atoms with van der Waals surface area (Å²) in [5.41, 5.74) is 6.35. The van der Waals surface area contributed by atoms with E-state index < -0.39 is 5.97 Å². The van der Waals surface area contributed by atoms with Gasteiger partial charge in [0.15, 0.2) is 0 Å². The Kier molecular flexibility index (Phi) is 5.98. The number of methoxy groups -OCH3 is 2. The van der Waals surface area contributed by atoms with Crippen molar-refractivity contribution in [3.05, 3.63) is 29.8 Å². The van der Waals surface area contributed by atoms with Crippen molar-refractivity contribution >= 4 is 17.6 Å². The second-order valence-electron chi connectivity index (χ2n) is 3.92. The van der Waals surface area contributed by atoms with Crippen LogP contribution in [0, 0.1) is 0 Å². The SMILES string of the molecule is COC(=O)c1cccc(NC(=O)CC(CN)OC)c1. The molecule has 0 aromatic heterocycles. The zero-order valence-corrected chi connectivity index (χ0v) is 11.0. The zero-order valence-electron chi connectivity index (χ0n) is 11.0. The Bertz CT molecular complexity index is 444. The van der Waals surface area contributed by atoms with Crippen molar-refractivity contribution in [1.29, 1.82) is 0 Å². The van der Waals surface area contributed by atoms with Crippen molar-refractivity contribution in [2.45, 2.75) is 12.5 Å². The molecule has 1 unspecified atom stereocenters. The van der Waals surface area contributed by atoms with Crippen LogP contribution in [0.4, 0.5) is 5.69 Å². The van der Waals surface area contributed by atoms with E-state index in [0.717, 1.165) is 0 Å². The van der Waals surface area contributed by atoms with Gasteiger partial charge in [-0.2, -0.15) is 0 Å². The van der Waals surface area contributed by atoms with Crippen molar-refractivity contribution in [2.24, 2.45) is 5.73 Å². The number of benzene rings is 1. The van der Waals surface area contributed by atoms with Crippen molar-refractivity contribution in [1.82, 2.24) is 0 Å². The van der Waals surface area contributed by atoms with Gasteiger partial charge in [-0.1, -0.05) is 6.07 Å². The standard InChI is InChI=1S/C13H18N2O4/c1-18-11(8-14)7-12(16)15-10-5-3-4-9(6-10)13(17)19-2/h3-6,11H,7-8,14H2,1-2H3,(H,15,16). The van der Waals surface area contributed by atoms with E-state index in [9.17, 15) is 9.59 Å². The normalized spacial score (nSPS) is 11.7. The van der Waals surface area contributed by atoms with Crippen molar-refractivity contribution in [2.75, 3.05) is 26.1 Å². The van der Waals surface area contributed by atoms with E-state index in [1.807, 2.05) is 0 Å². The predicted molar refractivity (Wildman–Crippen MR) is 70.9 cm³/mol. The number of carbonyl (C=O) groups excluding carboxylic acids is 2. The maximum Gasteiger partial charge on any atom is 0.337 e. The lowest BCUT2D eigenvalue weighted by atomic mass is 10.2. The maximum atomic E-state index is 11.7. The third-order valence-corrected chi connectivity index (χ3v) is 2.58. The molecule has 1 aromatic rings. The van der Waals surface area contributed by atoms with E-state index in [1.54, 1.807) is 24.3 Å². The largest absolute Gasteiger partial charge is 0.465 e. The minimum Gasteiger partial charge on any atom is -0.465 e. The molecule has 1 atom stereocenters. The number of ether oxygens (including phenoxy) is 2.